The van der Waals surface area contributed by atoms with E-state index < -0.39 is 0 Å². The van der Waals surface area contributed by atoms with Crippen molar-refractivity contribution < 1.29 is 9.15 Å². The van der Waals surface area contributed by atoms with Gasteiger partial charge in [0.15, 0.2) is 0 Å². The fourth-order valence-corrected chi connectivity index (χ4v) is 1.54. The molecule has 0 fully saturated rings. The lowest BCUT2D eigenvalue weighted by Gasteiger charge is -2.01. The molecule has 0 unspecified atom stereocenters. The number of methoxy groups -OCH3 is 1. The molecular weight excluding hydrogens is 216 g/mol. The number of hydrogen-bond acceptors (Lipinski definition) is 4. The van der Waals surface area contributed by atoms with Crippen molar-refractivity contribution in [2.75, 3.05) is 13.7 Å². The quantitative estimate of drug-likeness (QED) is 0.860. The smallest absolute Gasteiger partial charge is 0.137 e. The summed E-state index contributed by atoms with van der Waals surface area (Å²) in [6.45, 7) is 3.74. The number of pyridine rings is 1. The number of rotatable bonds is 5. The second kappa shape index (κ2) is 5.50. The van der Waals surface area contributed by atoms with Gasteiger partial charge in [0.05, 0.1) is 19.9 Å². The zero-order valence-corrected chi connectivity index (χ0v) is 10.1. The predicted octanol–water partition coefficient (Wildman–Crippen LogP) is 2.46. The number of furan rings is 1. The predicted molar refractivity (Wildman–Crippen MR) is 65.9 cm³/mol. The van der Waals surface area contributed by atoms with Crippen LogP contribution in [-0.4, -0.2) is 18.6 Å². The van der Waals surface area contributed by atoms with Gasteiger partial charge in [-0.3, -0.25) is 4.98 Å². The van der Waals surface area contributed by atoms with Gasteiger partial charge in [0.2, 0.25) is 0 Å². The average molecular weight is 232 g/mol. The third kappa shape index (κ3) is 2.85. The van der Waals surface area contributed by atoms with E-state index in [0.29, 0.717) is 0 Å². The summed E-state index contributed by atoms with van der Waals surface area (Å²) in [6.07, 6.45) is 3.43. The van der Waals surface area contributed by atoms with Gasteiger partial charge in [-0.2, -0.15) is 0 Å². The molecule has 2 heterocycles. The highest BCUT2D eigenvalue weighted by Gasteiger charge is 2.05. The molecule has 0 aliphatic rings. The Labute approximate surface area is 101 Å². The monoisotopic (exact) mass is 232 g/mol. The minimum atomic E-state index is 0.729. The number of hydrogen-bond donors (Lipinski definition) is 1. The Morgan fingerprint density at radius 3 is 3.00 bits per heavy atom. The Hall–Kier alpha value is -1.81. The van der Waals surface area contributed by atoms with Crippen LogP contribution in [0.4, 0.5) is 0 Å². The fourth-order valence-electron chi connectivity index (χ4n) is 1.54. The number of nitrogens with one attached hydrogen (secondary N) is 1. The average Bonchev–Trinajstić information content (AvgIpc) is 2.85. The summed E-state index contributed by atoms with van der Waals surface area (Å²) in [7, 11) is 1.62. The molecule has 0 aliphatic carbocycles. The Morgan fingerprint density at radius 1 is 1.35 bits per heavy atom. The normalized spacial score (nSPS) is 10.5. The molecule has 2 rings (SSSR count). The van der Waals surface area contributed by atoms with E-state index in [2.05, 4.69) is 17.2 Å². The maximum Gasteiger partial charge on any atom is 0.137 e. The molecule has 4 heteroatoms. The molecule has 0 radical (unpaired) electrons. The zero-order chi connectivity index (χ0) is 12.1. The molecule has 0 saturated heterocycles. The SMILES string of the molecule is CCNCc1ccc(-c2cncc(OC)c2)o1. The summed E-state index contributed by atoms with van der Waals surface area (Å²) in [5.41, 5.74) is 0.923. The summed E-state index contributed by atoms with van der Waals surface area (Å²) in [5.74, 6) is 2.46. The van der Waals surface area contributed by atoms with E-state index in [4.69, 9.17) is 9.15 Å². The molecule has 17 heavy (non-hydrogen) atoms. The highest BCUT2D eigenvalue weighted by atomic mass is 16.5. The van der Waals surface area contributed by atoms with E-state index in [9.17, 15) is 0 Å². The van der Waals surface area contributed by atoms with Crippen molar-refractivity contribution in [2.24, 2.45) is 0 Å². The molecule has 2 aromatic rings. The van der Waals surface area contributed by atoms with Crippen LogP contribution < -0.4 is 10.1 Å². The van der Waals surface area contributed by atoms with E-state index in [1.165, 1.54) is 0 Å². The summed E-state index contributed by atoms with van der Waals surface area (Å²) in [4.78, 5) is 4.10. The molecule has 2 aromatic heterocycles. The highest BCUT2D eigenvalue weighted by molar-refractivity contribution is 5.58. The number of nitrogens with zero attached hydrogens (tertiary/aromatic N) is 1. The Balaban J connectivity index is 2.18. The third-order valence-corrected chi connectivity index (χ3v) is 2.44. The molecule has 0 atom stereocenters. The molecule has 0 aromatic carbocycles. The van der Waals surface area contributed by atoms with Crippen molar-refractivity contribution in [1.29, 1.82) is 0 Å². The lowest BCUT2D eigenvalue weighted by atomic mass is 10.2. The molecule has 0 spiro atoms. The van der Waals surface area contributed by atoms with Crippen LogP contribution in [0.1, 0.15) is 12.7 Å². The van der Waals surface area contributed by atoms with Gasteiger partial charge in [-0.15, -0.1) is 0 Å². The van der Waals surface area contributed by atoms with Crippen LogP contribution in [0.15, 0.2) is 35.0 Å². The third-order valence-electron chi connectivity index (χ3n) is 2.44. The summed E-state index contributed by atoms with van der Waals surface area (Å²) >= 11 is 0. The molecule has 4 nitrogen and oxygen atoms in total. The first kappa shape index (κ1) is 11.7. The molecular formula is C13H16N2O2. The molecule has 0 aliphatic heterocycles. The molecule has 90 valence electrons. The lowest BCUT2D eigenvalue weighted by molar-refractivity contribution is 0.412. The van der Waals surface area contributed by atoms with Crippen LogP contribution in [0, 0.1) is 0 Å². The van der Waals surface area contributed by atoms with Crippen molar-refractivity contribution in [1.82, 2.24) is 10.3 Å². The lowest BCUT2D eigenvalue weighted by Crippen LogP contribution is -2.10. The second-order valence-electron chi connectivity index (χ2n) is 3.66. The van der Waals surface area contributed by atoms with Crippen LogP contribution in [0.2, 0.25) is 0 Å². The standard InChI is InChI=1S/C13H16N2O2/c1-3-14-8-11-4-5-13(17-11)10-6-12(16-2)9-15-7-10/h4-7,9,14H,3,8H2,1-2H3. The number of aromatic nitrogens is 1. The van der Waals surface area contributed by atoms with Crippen molar-refractivity contribution in [3.63, 3.8) is 0 Å². The van der Waals surface area contributed by atoms with Crippen LogP contribution in [0.25, 0.3) is 11.3 Å². The number of ether oxygens (including phenoxy) is 1. The molecule has 0 amide bonds. The molecule has 0 bridgehead atoms. The van der Waals surface area contributed by atoms with Crippen molar-refractivity contribution in [3.8, 4) is 17.1 Å². The minimum Gasteiger partial charge on any atom is -0.495 e. The zero-order valence-electron chi connectivity index (χ0n) is 10.1. The maximum atomic E-state index is 5.71. The first-order valence-electron chi connectivity index (χ1n) is 5.62. The Bertz CT molecular complexity index is 480. The molecule has 1 N–H and O–H groups in total. The van der Waals surface area contributed by atoms with Crippen molar-refractivity contribution in [3.05, 3.63) is 36.4 Å². The van der Waals surface area contributed by atoms with Gasteiger partial charge in [-0.1, -0.05) is 6.92 Å². The van der Waals surface area contributed by atoms with E-state index in [1.54, 1.807) is 19.5 Å². The maximum absolute atomic E-state index is 5.71. The molecule has 0 saturated carbocycles. The second-order valence-corrected chi connectivity index (χ2v) is 3.66. The highest BCUT2D eigenvalue weighted by Crippen LogP contribution is 2.24. The van der Waals surface area contributed by atoms with Crippen LogP contribution in [0.5, 0.6) is 5.75 Å². The topological polar surface area (TPSA) is 47.3 Å². The van der Waals surface area contributed by atoms with E-state index in [-0.39, 0.29) is 0 Å². The van der Waals surface area contributed by atoms with Gasteiger partial charge in [0.1, 0.15) is 17.3 Å². The van der Waals surface area contributed by atoms with Crippen LogP contribution in [-0.2, 0) is 6.54 Å². The van der Waals surface area contributed by atoms with E-state index >= 15 is 0 Å². The fraction of sp³-hybridized carbons (Fsp3) is 0.308. The first-order valence-corrected chi connectivity index (χ1v) is 5.62. The summed E-state index contributed by atoms with van der Waals surface area (Å²) in [6, 6.07) is 5.82. The van der Waals surface area contributed by atoms with Gasteiger partial charge in [-0.05, 0) is 24.7 Å². The van der Waals surface area contributed by atoms with E-state index in [1.807, 2.05) is 18.2 Å². The minimum absolute atomic E-state index is 0.729. The van der Waals surface area contributed by atoms with Gasteiger partial charge in [0.25, 0.3) is 0 Å². The summed E-state index contributed by atoms with van der Waals surface area (Å²) < 4.78 is 10.8. The van der Waals surface area contributed by atoms with Crippen molar-refractivity contribution in [2.45, 2.75) is 13.5 Å². The van der Waals surface area contributed by atoms with Crippen LogP contribution in [0.3, 0.4) is 0 Å². The van der Waals surface area contributed by atoms with Gasteiger partial charge in [-0.25, -0.2) is 0 Å². The van der Waals surface area contributed by atoms with E-state index in [0.717, 1.165) is 35.9 Å². The van der Waals surface area contributed by atoms with Gasteiger partial charge < -0.3 is 14.5 Å². The summed E-state index contributed by atoms with van der Waals surface area (Å²) in [5, 5.41) is 3.22. The Kier molecular flexibility index (Phi) is 3.77. The largest absolute Gasteiger partial charge is 0.495 e. The van der Waals surface area contributed by atoms with Crippen molar-refractivity contribution >= 4 is 0 Å². The van der Waals surface area contributed by atoms with Gasteiger partial charge >= 0.3 is 0 Å². The Morgan fingerprint density at radius 2 is 2.24 bits per heavy atom. The first-order chi connectivity index (χ1) is 8.33. The van der Waals surface area contributed by atoms with Gasteiger partial charge in [0, 0.05) is 11.8 Å². The van der Waals surface area contributed by atoms with Crippen LogP contribution >= 0.6 is 0 Å².